The van der Waals surface area contributed by atoms with Gasteiger partial charge >= 0.3 is 29.6 Å². The number of nitrogens with zero attached hydrogens (tertiary/aromatic N) is 2. The van der Waals surface area contributed by atoms with Crippen LogP contribution >= 0.6 is 23.2 Å². The Morgan fingerprint density at radius 1 is 1.05 bits per heavy atom. The third-order valence-electron chi connectivity index (χ3n) is 5.73. The van der Waals surface area contributed by atoms with Gasteiger partial charge in [-0.05, 0) is 54.6 Å². The van der Waals surface area contributed by atoms with Gasteiger partial charge in [0.1, 0.15) is 10.6 Å². The van der Waals surface area contributed by atoms with Gasteiger partial charge in [-0.15, -0.1) is 5.11 Å². The first-order valence-corrected chi connectivity index (χ1v) is 13.9. The van der Waals surface area contributed by atoms with Crippen LogP contribution in [0.2, 0.25) is 10.0 Å². The van der Waals surface area contributed by atoms with Crippen molar-refractivity contribution in [2.24, 2.45) is 10.2 Å². The van der Waals surface area contributed by atoms with Crippen molar-refractivity contribution in [1.29, 1.82) is 0 Å². The molecule has 40 heavy (non-hydrogen) atoms. The van der Waals surface area contributed by atoms with E-state index in [4.69, 9.17) is 27.9 Å². The molecule has 0 spiro atoms. The molecule has 4 aromatic carbocycles. The van der Waals surface area contributed by atoms with Gasteiger partial charge in [-0.1, -0.05) is 66.2 Å². The van der Waals surface area contributed by atoms with Gasteiger partial charge in [0, 0.05) is 16.0 Å². The standard InChI is InChI=1S/C27H23Cl2N3O6S.Na/c1-3-15-12-17(28)14-22(26(15)39(35,36)37)31-32-23-18-9-6-5-8-16(18)13-19(24(23)33)27(34)30-21-11-7-10-20(29)25(21)38-4-2;/h5-14,33H,3-4H2,1-2H3,(H,30,34)(H,35,36,37);/q;+1/p-1. The van der Waals surface area contributed by atoms with E-state index in [1.807, 2.05) is 0 Å². The Kier molecular flexibility index (Phi) is 10.6. The number of carbonyl (C=O) groups excluding carboxylic acids is 1. The number of amides is 1. The van der Waals surface area contributed by atoms with Crippen LogP contribution in [0.5, 0.6) is 11.5 Å². The first-order chi connectivity index (χ1) is 18.5. The van der Waals surface area contributed by atoms with Gasteiger partial charge in [0.05, 0.1) is 23.0 Å². The Bertz CT molecular complexity index is 1730. The summed E-state index contributed by atoms with van der Waals surface area (Å²) in [5.74, 6) is -1.23. The number of halogens is 2. The summed E-state index contributed by atoms with van der Waals surface area (Å²) in [5.41, 5.74) is -0.186. The second-order valence-corrected chi connectivity index (χ2v) is 10.5. The summed E-state index contributed by atoms with van der Waals surface area (Å²) >= 11 is 12.4. The van der Waals surface area contributed by atoms with Crippen molar-refractivity contribution in [2.75, 3.05) is 11.9 Å². The molecule has 4 rings (SSSR count). The van der Waals surface area contributed by atoms with Crippen LogP contribution in [0.4, 0.5) is 17.1 Å². The number of ether oxygens (including phenoxy) is 1. The predicted octanol–water partition coefficient (Wildman–Crippen LogP) is 4.10. The molecule has 202 valence electrons. The Morgan fingerprint density at radius 3 is 2.45 bits per heavy atom. The Morgan fingerprint density at radius 2 is 1.77 bits per heavy atom. The number of carbonyl (C=O) groups is 1. The summed E-state index contributed by atoms with van der Waals surface area (Å²) in [6, 6.07) is 15.6. The second kappa shape index (κ2) is 13.3. The van der Waals surface area contributed by atoms with Crippen molar-refractivity contribution in [2.45, 2.75) is 25.2 Å². The van der Waals surface area contributed by atoms with Crippen molar-refractivity contribution < 1.29 is 57.2 Å². The van der Waals surface area contributed by atoms with Gasteiger partial charge in [-0.2, -0.15) is 13.5 Å². The van der Waals surface area contributed by atoms with Crippen LogP contribution in [-0.2, 0) is 16.5 Å². The molecule has 0 saturated heterocycles. The minimum absolute atomic E-state index is 0. The maximum atomic E-state index is 13.5. The van der Waals surface area contributed by atoms with Gasteiger partial charge in [-0.3, -0.25) is 9.35 Å². The van der Waals surface area contributed by atoms with E-state index in [1.165, 1.54) is 18.2 Å². The smallest absolute Gasteiger partial charge is 0.870 e. The van der Waals surface area contributed by atoms with Crippen LogP contribution in [0.15, 0.2) is 75.8 Å². The van der Waals surface area contributed by atoms with E-state index in [9.17, 15) is 22.9 Å². The van der Waals surface area contributed by atoms with Crippen molar-refractivity contribution >= 4 is 67.1 Å². The summed E-state index contributed by atoms with van der Waals surface area (Å²) in [6.07, 6.45) is 0.233. The minimum Gasteiger partial charge on any atom is -0.870 e. The van der Waals surface area contributed by atoms with Crippen molar-refractivity contribution in [3.8, 4) is 11.5 Å². The normalized spacial score (nSPS) is 11.4. The number of para-hydroxylation sites is 1. The van der Waals surface area contributed by atoms with E-state index in [2.05, 4.69) is 15.5 Å². The third-order valence-corrected chi connectivity index (χ3v) is 7.23. The zero-order valence-corrected chi connectivity index (χ0v) is 26.1. The average molecular weight is 610 g/mol. The number of hydrogen-bond donors (Lipinski definition) is 2. The van der Waals surface area contributed by atoms with E-state index in [1.54, 1.807) is 56.3 Å². The van der Waals surface area contributed by atoms with E-state index >= 15 is 0 Å². The molecule has 0 heterocycles. The fraction of sp³-hybridized carbons (Fsp3) is 0.148. The van der Waals surface area contributed by atoms with E-state index < -0.39 is 26.7 Å². The first kappa shape index (κ1) is 31.8. The van der Waals surface area contributed by atoms with Gasteiger partial charge in [0.2, 0.25) is 0 Å². The number of anilines is 1. The molecule has 4 aromatic rings. The molecule has 0 aliphatic heterocycles. The van der Waals surface area contributed by atoms with Crippen LogP contribution in [0.3, 0.4) is 0 Å². The number of benzene rings is 4. The van der Waals surface area contributed by atoms with Gasteiger partial charge in [0.15, 0.2) is 5.75 Å². The zero-order valence-electron chi connectivity index (χ0n) is 21.7. The first-order valence-electron chi connectivity index (χ1n) is 11.7. The molecule has 0 bridgehead atoms. The summed E-state index contributed by atoms with van der Waals surface area (Å²) < 4.78 is 39.6. The fourth-order valence-corrected chi connectivity index (χ4v) is 5.40. The van der Waals surface area contributed by atoms with Crippen LogP contribution in [0.25, 0.3) is 10.8 Å². The third kappa shape index (κ3) is 6.77. The topological polar surface area (TPSA) is 140 Å². The number of hydrogen-bond acceptors (Lipinski definition) is 7. The molecule has 0 saturated carbocycles. The number of azo groups is 1. The van der Waals surface area contributed by atoms with E-state index in [-0.39, 0.29) is 80.0 Å². The molecule has 0 aliphatic carbocycles. The minimum atomic E-state index is -4.70. The molecular weight excluding hydrogens is 588 g/mol. The molecule has 2 N–H and O–H groups in total. The van der Waals surface area contributed by atoms with Crippen LogP contribution in [0, 0.1) is 0 Å². The summed E-state index contributed by atoms with van der Waals surface area (Å²) in [5, 5.41) is 25.6. The summed E-state index contributed by atoms with van der Waals surface area (Å²) in [4.78, 5) is 12.8. The molecule has 13 heteroatoms. The summed E-state index contributed by atoms with van der Waals surface area (Å²) in [7, 11) is -4.70. The number of nitrogens with one attached hydrogen (secondary N) is 1. The van der Waals surface area contributed by atoms with Crippen LogP contribution < -0.4 is 44.7 Å². The second-order valence-electron chi connectivity index (χ2n) is 8.27. The van der Waals surface area contributed by atoms with E-state index in [0.29, 0.717) is 17.4 Å². The van der Waals surface area contributed by atoms with Gasteiger partial charge in [-0.25, -0.2) is 0 Å². The predicted molar refractivity (Wildman–Crippen MR) is 149 cm³/mol. The molecule has 0 aromatic heterocycles. The Balaban J connectivity index is 0.00000441. The monoisotopic (exact) mass is 609 g/mol. The van der Waals surface area contributed by atoms with E-state index in [0.717, 1.165) is 0 Å². The quantitative estimate of drug-likeness (QED) is 0.175. The number of fused-ring (bicyclic) bond motifs is 1. The molecular formula is C27H22Cl2N3NaO6S. The van der Waals surface area contributed by atoms with Crippen LogP contribution in [0.1, 0.15) is 29.8 Å². The zero-order chi connectivity index (χ0) is 28.3. The Labute approximate surface area is 263 Å². The fourth-order valence-electron chi connectivity index (χ4n) is 4.04. The molecule has 0 radical (unpaired) electrons. The number of rotatable bonds is 8. The van der Waals surface area contributed by atoms with Gasteiger partial charge in [0.25, 0.3) is 16.0 Å². The molecule has 0 atom stereocenters. The van der Waals surface area contributed by atoms with Crippen molar-refractivity contribution in [1.82, 2.24) is 0 Å². The SMILES string of the molecule is CCOc1c(Cl)cccc1NC(=O)c1cc2ccccc2c(N=Nc2cc(Cl)cc(CC)c2S(=O)(=O)O)c1[O-].[Na+]. The maximum absolute atomic E-state index is 13.5. The largest absolute Gasteiger partial charge is 1.00 e. The molecule has 1 amide bonds. The number of aryl methyl sites for hydroxylation is 1. The molecule has 0 fully saturated rings. The average Bonchev–Trinajstić information content (AvgIpc) is 2.88. The van der Waals surface area contributed by atoms with Crippen molar-refractivity contribution in [3.63, 3.8) is 0 Å². The molecule has 0 aliphatic rings. The Hall–Kier alpha value is -2.70. The van der Waals surface area contributed by atoms with Gasteiger partial charge < -0.3 is 15.2 Å². The van der Waals surface area contributed by atoms with Crippen LogP contribution in [-0.4, -0.2) is 25.5 Å². The van der Waals surface area contributed by atoms with Crippen molar-refractivity contribution in [3.05, 3.63) is 81.8 Å². The molecule has 9 nitrogen and oxygen atoms in total. The summed E-state index contributed by atoms with van der Waals surface area (Å²) in [6.45, 7) is 3.75. The maximum Gasteiger partial charge on any atom is 1.00 e. The molecule has 0 unspecified atom stereocenters.